The van der Waals surface area contributed by atoms with Crippen molar-refractivity contribution >= 4 is 35.0 Å². The summed E-state index contributed by atoms with van der Waals surface area (Å²) in [6.45, 7) is 5.75. The Morgan fingerprint density at radius 1 is 0.767 bits per heavy atom. The van der Waals surface area contributed by atoms with Gasteiger partial charge < -0.3 is 19.3 Å². The topological polar surface area (TPSA) is 96.5 Å². The number of benzene rings is 3. The van der Waals surface area contributed by atoms with Crippen LogP contribution >= 0.6 is 0 Å². The molecule has 9 nitrogen and oxygen atoms in total. The maximum atomic E-state index is 14.4. The lowest BCUT2D eigenvalue weighted by Gasteiger charge is -2.31. The van der Waals surface area contributed by atoms with Gasteiger partial charge in [0.1, 0.15) is 18.0 Å². The fourth-order valence-electron chi connectivity index (χ4n) is 7.09. The van der Waals surface area contributed by atoms with Gasteiger partial charge in [0.2, 0.25) is 11.8 Å². The van der Waals surface area contributed by atoms with E-state index < -0.39 is 36.2 Å². The Morgan fingerprint density at radius 3 is 1.98 bits per heavy atom. The van der Waals surface area contributed by atoms with Crippen LogP contribution in [0.4, 0.5) is 11.4 Å². The van der Waals surface area contributed by atoms with Gasteiger partial charge in [0.25, 0.3) is 11.8 Å². The highest BCUT2D eigenvalue weighted by Gasteiger charge is 2.47. The first-order valence-corrected chi connectivity index (χ1v) is 14.6. The normalized spacial score (nSPS) is 19.3. The number of carbonyl (C=O) groups is 4. The van der Waals surface area contributed by atoms with Gasteiger partial charge in [-0.05, 0) is 74.6 Å². The number of ether oxygens (including phenoxy) is 2. The molecule has 2 atom stereocenters. The van der Waals surface area contributed by atoms with E-state index in [-0.39, 0.29) is 12.5 Å². The van der Waals surface area contributed by atoms with Crippen LogP contribution in [0.15, 0.2) is 48.5 Å². The molecule has 3 aromatic rings. The van der Waals surface area contributed by atoms with Crippen LogP contribution in [0.1, 0.15) is 62.2 Å². The van der Waals surface area contributed by atoms with Crippen molar-refractivity contribution in [1.29, 1.82) is 0 Å². The number of rotatable bonds is 6. The molecule has 2 aliphatic heterocycles. The van der Waals surface area contributed by atoms with E-state index in [1.165, 1.54) is 0 Å². The van der Waals surface area contributed by atoms with E-state index in [0.29, 0.717) is 41.1 Å². The van der Waals surface area contributed by atoms with E-state index in [0.717, 1.165) is 39.3 Å². The Hall–Kier alpha value is -4.66. The van der Waals surface area contributed by atoms with Crippen LogP contribution in [0.2, 0.25) is 0 Å². The average Bonchev–Trinajstić information content (AvgIpc) is 3.56. The van der Waals surface area contributed by atoms with Crippen LogP contribution in [-0.4, -0.2) is 55.3 Å². The Balaban J connectivity index is 1.42. The SMILES string of the molecule is COc1c(C)c(C)c(OC)c(CN2C(=O)[C@@H]3CCC[C@H]3N(C(=O)CN3C(=O)c4ccccc4C3=O)c3ccccc32)c1C. The van der Waals surface area contributed by atoms with E-state index >= 15 is 0 Å². The summed E-state index contributed by atoms with van der Waals surface area (Å²) in [7, 11) is 3.26. The first-order chi connectivity index (χ1) is 20.7. The van der Waals surface area contributed by atoms with Gasteiger partial charge in [-0.15, -0.1) is 0 Å². The monoisotopic (exact) mass is 581 g/mol. The van der Waals surface area contributed by atoms with Crippen LogP contribution < -0.4 is 19.3 Å². The highest BCUT2D eigenvalue weighted by Crippen LogP contribution is 2.45. The summed E-state index contributed by atoms with van der Waals surface area (Å²) in [5.41, 5.74) is 5.41. The van der Waals surface area contributed by atoms with Crippen molar-refractivity contribution in [2.24, 2.45) is 5.92 Å². The van der Waals surface area contributed by atoms with Crippen molar-refractivity contribution < 1.29 is 28.7 Å². The molecule has 0 N–H and O–H groups in total. The molecule has 43 heavy (non-hydrogen) atoms. The second-order valence-electron chi connectivity index (χ2n) is 11.4. The molecule has 0 aromatic heterocycles. The minimum absolute atomic E-state index is 0.0652. The molecule has 2 heterocycles. The van der Waals surface area contributed by atoms with Gasteiger partial charge in [0.15, 0.2) is 0 Å². The molecular weight excluding hydrogens is 546 g/mol. The van der Waals surface area contributed by atoms with E-state index in [4.69, 9.17) is 9.47 Å². The van der Waals surface area contributed by atoms with Crippen molar-refractivity contribution in [3.8, 4) is 11.5 Å². The molecule has 3 aromatic carbocycles. The Labute approximate surface area is 251 Å². The maximum Gasteiger partial charge on any atom is 0.262 e. The van der Waals surface area contributed by atoms with Crippen LogP contribution in [0.25, 0.3) is 0 Å². The predicted octanol–water partition coefficient (Wildman–Crippen LogP) is 4.97. The summed E-state index contributed by atoms with van der Waals surface area (Å²) in [5.74, 6) is -0.404. The first-order valence-electron chi connectivity index (χ1n) is 14.6. The van der Waals surface area contributed by atoms with Gasteiger partial charge in [-0.25, -0.2) is 0 Å². The highest BCUT2D eigenvalue weighted by atomic mass is 16.5. The molecule has 0 spiro atoms. The van der Waals surface area contributed by atoms with Crippen LogP contribution in [0.3, 0.4) is 0 Å². The summed E-state index contributed by atoms with van der Waals surface area (Å²) in [6.07, 6.45) is 2.07. The Bertz CT molecular complexity index is 1650. The Kier molecular flexibility index (Phi) is 7.20. The van der Waals surface area contributed by atoms with Gasteiger partial charge in [-0.1, -0.05) is 30.7 Å². The largest absolute Gasteiger partial charge is 0.496 e. The zero-order chi connectivity index (χ0) is 30.6. The molecule has 1 saturated carbocycles. The van der Waals surface area contributed by atoms with Crippen molar-refractivity contribution in [3.63, 3.8) is 0 Å². The number of anilines is 2. The number of nitrogens with zero attached hydrogens (tertiary/aromatic N) is 3. The van der Waals surface area contributed by atoms with Gasteiger partial charge in [-0.2, -0.15) is 0 Å². The minimum Gasteiger partial charge on any atom is -0.496 e. The third-order valence-electron chi connectivity index (χ3n) is 9.30. The van der Waals surface area contributed by atoms with Gasteiger partial charge in [-0.3, -0.25) is 24.1 Å². The second kappa shape index (κ2) is 10.9. The number of para-hydroxylation sites is 2. The Morgan fingerprint density at radius 2 is 1.35 bits per heavy atom. The molecule has 1 aliphatic carbocycles. The standard InChI is InChI=1S/C34H35N3O6/c1-19-20(2)31(43-5)25(21(3)30(19)42-4)17-35-27-14-8-9-15-28(27)37(26-16-10-13-24(26)34(35)41)29(38)18-36-32(39)22-11-6-7-12-23(22)33(36)40/h6-9,11-12,14-15,24,26H,10,13,16-18H2,1-5H3/t24-,26-/m1/s1. The lowest BCUT2D eigenvalue weighted by Crippen LogP contribution is -2.49. The maximum absolute atomic E-state index is 14.4. The summed E-state index contributed by atoms with van der Waals surface area (Å²) in [4.78, 5) is 59.2. The first kappa shape index (κ1) is 28.5. The zero-order valence-corrected chi connectivity index (χ0v) is 25.1. The minimum atomic E-state index is -0.482. The van der Waals surface area contributed by atoms with Crippen molar-refractivity contribution in [2.45, 2.75) is 52.6 Å². The second-order valence-corrected chi connectivity index (χ2v) is 11.4. The fourth-order valence-corrected chi connectivity index (χ4v) is 7.09. The fraction of sp³-hybridized carbons (Fsp3) is 0.353. The van der Waals surface area contributed by atoms with Crippen molar-refractivity contribution in [3.05, 3.63) is 81.9 Å². The number of imide groups is 1. The third kappa shape index (κ3) is 4.37. The molecular formula is C34H35N3O6. The van der Waals surface area contributed by atoms with Crippen molar-refractivity contribution in [1.82, 2.24) is 4.90 Å². The van der Waals surface area contributed by atoms with Crippen LogP contribution in [0, 0.1) is 26.7 Å². The molecule has 4 amide bonds. The molecule has 222 valence electrons. The smallest absolute Gasteiger partial charge is 0.262 e. The molecule has 0 bridgehead atoms. The number of methoxy groups -OCH3 is 2. The van der Waals surface area contributed by atoms with Gasteiger partial charge in [0.05, 0.1) is 49.2 Å². The number of carbonyl (C=O) groups excluding carboxylic acids is 4. The lowest BCUT2D eigenvalue weighted by atomic mass is 9.96. The molecule has 6 rings (SSSR count). The lowest BCUT2D eigenvalue weighted by molar-refractivity contribution is -0.123. The number of hydrogen-bond acceptors (Lipinski definition) is 6. The number of hydrogen-bond donors (Lipinski definition) is 0. The molecule has 1 fully saturated rings. The third-order valence-corrected chi connectivity index (χ3v) is 9.30. The summed E-state index contributed by atoms with van der Waals surface area (Å²) in [6, 6.07) is 13.6. The molecule has 0 unspecified atom stereocenters. The molecule has 3 aliphatic rings. The van der Waals surface area contributed by atoms with E-state index in [2.05, 4.69) is 0 Å². The van der Waals surface area contributed by atoms with Gasteiger partial charge >= 0.3 is 0 Å². The summed E-state index contributed by atoms with van der Waals surface area (Å²) >= 11 is 0. The number of amides is 4. The van der Waals surface area contributed by atoms with E-state index in [9.17, 15) is 19.2 Å². The summed E-state index contributed by atoms with van der Waals surface area (Å²) in [5, 5.41) is 0. The van der Waals surface area contributed by atoms with Gasteiger partial charge in [0, 0.05) is 11.6 Å². The molecule has 0 saturated heterocycles. The van der Waals surface area contributed by atoms with Crippen LogP contribution in [0.5, 0.6) is 11.5 Å². The molecule has 9 heteroatoms. The summed E-state index contributed by atoms with van der Waals surface area (Å²) < 4.78 is 11.6. The highest BCUT2D eigenvalue weighted by molar-refractivity contribution is 6.23. The zero-order valence-electron chi connectivity index (χ0n) is 25.1. The molecule has 0 radical (unpaired) electrons. The number of fused-ring (bicyclic) bond motifs is 3. The van der Waals surface area contributed by atoms with E-state index in [1.807, 2.05) is 45.0 Å². The van der Waals surface area contributed by atoms with Crippen molar-refractivity contribution in [2.75, 3.05) is 30.6 Å². The van der Waals surface area contributed by atoms with Crippen LogP contribution in [-0.2, 0) is 16.1 Å². The van der Waals surface area contributed by atoms with E-state index in [1.54, 1.807) is 48.3 Å². The predicted molar refractivity (Wildman–Crippen MR) is 162 cm³/mol. The average molecular weight is 582 g/mol. The quantitative estimate of drug-likeness (QED) is 0.382.